The molecule has 2 aromatic carbocycles. The summed E-state index contributed by atoms with van der Waals surface area (Å²) >= 11 is 6.62. The van der Waals surface area contributed by atoms with Crippen LogP contribution in [-0.4, -0.2) is 39.1 Å². The van der Waals surface area contributed by atoms with Crippen LogP contribution in [0.25, 0.3) is 17.0 Å². The number of carbonyl (C=O) groups excluding carboxylic acids is 2. The van der Waals surface area contributed by atoms with Gasteiger partial charge in [-0.15, -0.1) is 0 Å². The highest BCUT2D eigenvalue weighted by Crippen LogP contribution is 2.32. The normalized spacial score (nSPS) is 15.3. The van der Waals surface area contributed by atoms with Crippen molar-refractivity contribution < 1.29 is 9.59 Å². The molecule has 4 rings (SSSR count). The van der Waals surface area contributed by atoms with Crippen LogP contribution in [-0.2, 0) is 16.0 Å². The van der Waals surface area contributed by atoms with Crippen molar-refractivity contribution in [2.24, 2.45) is 0 Å². The van der Waals surface area contributed by atoms with Crippen LogP contribution < -0.4 is 5.32 Å². The number of rotatable bonds is 7. The first kappa shape index (κ1) is 20.4. The zero-order chi connectivity index (χ0) is 20.9. The minimum absolute atomic E-state index is 0.0871. The molecule has 5 nitrogen and oxygen atoms in total. The number of carbonyl (C=O) groups is 2. The summed E-state index contributed by atoms with van der Waals surface area (Å²) in [6.07, 6.45) is 4.78. The fourth-order valence-electron chi connectivity index (χ4n) is 3.37. The maximum atomic E-state index is 12.6. The third-order valence-corrected chi connectivity index (χ3v) is 6.30. The topological polar surface area (TPSA) is 65.2 Å². The van der Waals surface area contributed by atoms with Gasteiger partial charge in [0.25, 0.3) is 5.91 Å². The lowest BCUT2D eigenvalue weighted by atomic mass is 10.1. The first-order valence-corrected chi connectivity index (χ1v) is 11.0. The van der Waals surface area contributed by atoms with Crippen LogP contribution in [0, 0.1) is 0 Å². The van der Waals surface area contributed by atoms with Crippen LogP contribution in [0.1, 0.15) is 17.5 Å². The van der Waals surface area contributed by atoms with E-state index in [9.17, 15) is 9.59 Å². The molecule has 2 amide bonds. The summed E-state index contributed by atoms with van der Waals surface area (Å²) in [4.78, 5) is 30.2. The van der Waals surface area contributed by atoms with E-state index < -0.39 is 0 Å². The Hall–Kier alpha value is -2.90. The van der Waals surface area contributed by atoms with Gasteiger partial charge < -0.3 is 10.3 Å². The third-order valence-electron chi connectivity index (χ3n) is 4.92. The van der Waals surface area contributed by atoms with Crippen LogP contribution in [0.5, 0.6) is 0 Å². The molecule has 1 aliphatic rings. The van der Waals surface area contributed by atoms with E-state index in [2.05, 4.69) is 16.4 Å². The number of nitrogens with zero attached hydrogens (tertiary/aromatic N) is 1. The lowest BCUT2D eigenvalue weighted by Crippen LogP contribution is -2.34. The van der Waals surface area contributed by atoms with Gasteiger partial charge in [-0.1, -0.05) is 72.5 Å². The number of aromatic amines is 1. The fourth-order valence-corrected chi connectivity index (χ4v) is 4.68. The van der Waals surface area contributed by atoms with Crippen molar-refractivity contribution in [1.29, 1.82) is 0 Å². The van der Waals surface area contributed by atoms with Gasteiger partial charge in [-0.3, -0.25) is 14.5 Å². The molecular formula is C23H21N3O2S2. The number of aromatic nitrogens is 1. The Morgan fingerprint density at radius 1 is 1.13 bits per heavy atom. The fraction of sp³-hybridized carbons (Fsp3) is 0.174. The molecule has 0 aliphatic carbocycles. The van der Waals surface area contributed by atoms with Gasteiger partial charge in [0.15, 0.2) is 0 Å². The van der Waals surface area contributed by atoms with Crippen molar-refractivity contribution in [2.45, 2.75) is 12.8 Å². The van der Waals surface area contributed by atoms with E-state index in [1.807, 2.05) is 60.8 Å². The number of nitrogens with one attached hydrogen (secondary N) is 2. The molecule has 0 atom stereocenters. The highest BCUT2D eigenvalue weighted by molar-refractivity contribution is 8.26. The number of hydrogen-bond donors (Lipinski definition) is 2. The van der Waals surface area contributed by atoms with Gasteiger partial charge in [-0.25, -0.2) is 0 Å². The highest BCUT2D eigenvalue weighted by Gasteiger charge is 2.31. The molecule has 1 aliphatic heterocycles. The van der Waals surface area contributed by atoms with Crippen molar-refractivity contribution in [3.63, 3.8) is 0 Å². The Balaban J connectivity index is 1.27. The largest absolute Gasteiger partial charge is 0.361 e. The van der Waals surface area contributed by atoms with Gasteiger partial charge in [0.1, 0.15) is 4.32 Å². The molecule has 30 heavy (non-hydrogen) atoms. The quantitative estimate of drug-likeness (QED) is 0.433. The van der Waals surface area contributed by atoms with Crippen LogP contribution in [0.4, 0.5) is 0 Å². The average Bonchev–Trinajstić information content (AvgIpc) is 3.28. The summed E-state index contributed by atoms with van der Waals surface area (Å²) in [5.41, 5.74) is 3.22. The molecule has 1 saturated heterocycles. The predicted molar refractivity (Wildman–Crippen MR) is 126 cm³/mol. The second kappa shape index (κ2) is 9.28. The van der Waals surface area contributed by atoms with E-state index in [0.29, 0.717) is 15.8 Å². The molecule has 3 aromatic rings. The summed E-state index contributed by atoms with van der Waals surface area (Å²) in [6.45, 7) is 0.836. The lowest BCUT2D eigenvalue weighted by molar-refractivity contribution is -0.123. The van der Waals surface area contributed by atoms with Gasteiger partial charge in [0.05, 0.1) is 4.91 Å². The zero-order valence-corrected chi connectivity index (χ0v) is 17.9. The predicted octanol–water partition coefficient (Wildman–Crippen LogP) is 4.12. The Bertz CT molecular complexity index is 1120. The number of benzene rings is 2. The minimum Gasteiger partial charge on any atom is -0.361 e. The molecule has 1 fully saturated rings. The maximum Gasteiger partial charge on any atom is 0.266 e. The number of H-pyrrole nitrogens is 1. The van der Waals surface area contributed by atoms with Crippen molar-refractivity contribution in [3.8, 4) is 0 Å². The smallest absolute Gasteiger partial charge is 0.266 e. The van der Waals surface area contributed by atoms with Gasteiger partial charge >= 0.3 is 0 Å². The monoisotopic (exact) mass is 435 g/mol. The Morgan fingerprint density at radius 2 is 1.90 bits per heavy atom. The first-order chi connectivity index (χ1) is 14.6. The molecule has 0 bridgehead atoms. The molecule has 1 aromatic heterocycles. The number of hydrogen-bond acceptors (Lipinski definition) is 4. The van der Waals surface area contributed by atoms with E-state index in [1.54, 1.807) is 0 Å². The average molecular weight is 436 g/mol. The molecule has 7 heteroatoms. The first-order valence-electron chi connectivity index (χ1n) is 9.74. The molecule has 0 radical (unpaired) electrons. The number of thioether (sulfide) groups is 1. The Labute approximate surface area is 184 Å². The van der Waals surface area contributed by atoms with E-state index in [-0.39, 0.29) is 24.8 Å². The summed E-state index contributed by atoms with van der Waals surface area (Å²) in [6, 6.07) is 17.8. The van der Waals surface area contributed by atoms with Crippen molar-refractivity contribution in [3.05, 3.63) is 76.8 Å². The van der Waals surface area contributed by atoms with Crippen LogP contribution in [0.2, 0.25) is 0 Å². The van der Waals surface area contributed by atoms with Crippen molar-refractivity contribution >= 4 is 57.1 Å². The van der Waals surface area contributed by atoms with E-state index in [1.165, 1.54) is 27.6 Å². The summed E-state index contributed by atoms with van der Waals surface area (Å²) in [5.74, 6) is -0.226. The van der Waals surface area contributed by atoms with Gasteiger partial charge in [-0.2, -0.15) is 0 Å². The Kier molecular flexibility index (Phi) is 6.30. The van der Waals surface area contributed by atoms with E-state index in [0.717, 1.165) is 17.5 Å². The third kappa shape index (κ3) is 4.63. The lowest BCUT2D eigenvalue weighted by Gasteiger charge is -2.14. The molecule has 0 unspecified atom stereocenters. The Morgan fingerprint density at radius 3 is 2.73 bits per heavy atom. The van der Waals surface area contributed by atoms with Crippen LogP contribution >= 0.6 is 24.0 Å². The molecule has 152 valence electrons. The number of fused-ring (bicyclic) bond motifs is 1. The number of amides is 2. The SMILES string of the molecule is O=C(CCN1C(=O)C(=Cc2ccccc2)SC1=S)NCCc1c[nH]c2ccccc12. The van der Waals surface area contributed by atoms with Gasteiger partial charge in [-0.05, 0) is 29.7 Å². The van der Waals surface area contributed by atoms with Crippen LogP contribution in [0.15, 0.2) is 65.7 Å². The van der Waals surface area contributed by atoms with E-state index >= 15 is 0 Å². The van der Waals surface area contributed by atoms with Crippen molar-refractivity contribution in [1.82, 2.24) is 15.2 Å². The maximum absolute atomic E-state index is 12.6. The van der Waals surface area contributed by atoms with Crippen molar-refractivity contribution in [2.75, 3.05) is 13.1 Å². The minimum atomic E-state index is -0.138. The summed E-state index contributed by atoms with van der Waals surface area (Å²) < 4.78 is 0.494. The summed E-state index contributed by atoms with van der Waals surface area (Å²) in [5, 5.41) is 4.11. The van der Waals surface area contributed by atoms with E-state index in [4.69, 9.17) is 12.2 Å². The highest BCUT2D eigenvalue weighted by atomic mass is 32.2. The standard InChI is InChI=1S/C23H21N3O2S2/c27-21(24-12-10-17-15-25-19-9-5-4-8-18(17)19)11-13-26-22(28)20(30-23(26)29)14-16-6-2-1-3-7-16/h1-9,14-15,25H,10-13H2,(H,24,27). The molecule has 0 saturated carbocycles. The van der Waals surface area contributed by atoms with Gasteiger partial charge in [0, 0.05) is 36.6 Å². The number of para-hydroxylation sites is 1. The molecular weight excluding hydrogens is 414 g/mol. The molecule has 2 heterocycles. The molecule has 0 spiro atoms. The second-order valence-electron chi connectivity index (χ2n) is 6.95. The second-order valence-corrected chi connectivity index (χ2v) is 8.63. The molecule has 2 N–H and O–H groups in total. The van der Waals surface area contributed by atoms with Crippen LogP contribution in [0.3, 0.4) is 0 Å². The van der Waals surface area contributed by atoms with Gasteiger partial charge in [0.2, 0.25) is 5.91 Å². The number of thiocarbonyl (C=S) groups is 1. The zero-order valence-electron chi connectivity index (χ0n) is 16.3. The summed E-state index contributed by atoms with van der Waals surface area (Å²) in [7, 11) is 0.